The molecule has 0 bridgehead atoms. The number of pyridine rings is 2. The number of nitrogens with one attached hydrogen (secondary N) is 1. The molecular weight excluding hydrogens is 490 g/mol. The van der Waals surface area contributed by atoms with Crippen molar-refractivity contribution in [1.29, 1.82) is 0 Å². The number of nitrogen functional groups attached to an aromatic ring is 1. The highest BCUT2D eigenvalue weighted by Crippen LogP contribution is 2.36. The number of nitrogens with two attached hydrogens (primary N) is 1. The number of rotatable bonds is 4. The first-order valence-corrected chi connectivity index (χ1v) is 9.93. The van der Waals surface area contributed by atoms with Crippen LogP contribution in [0.5, 0.6) is 0 Å². The van der Waals surface area contributed by atoms with Crippen LogP contribution in [0.2, 0.25) is 5.02 Å². The minimum absolute atomic E-state index is 0.0508. The molecule has 4 rings (SSSR count). The highest BCUT2D eigenvalue weighted by Gasteiger charge is 2.36. The van der Waals surface area contributed by atoms with Crippen LogP contribution in [0.15, 0.2) is 49.1 Å². The quantitative estimate of drug-likeness (QED) is 0.318. The van der Waals surface area contributed by atoms with Crippen LogP contribution in [0, 0.1) is 18.2 Å². The number of terminal acetylenes is 1. The third kappa shape index (κ3) is 4.62. The number of benzene rings is 1. The molecule has 3 heterocycles. The van der Waals surface area contributed by atoms with Gasteiger partial charge in [-0.15, -0.1) is 11.2 Å². The van der Waals surface area contributed by atoms with Gasteiger partial charge in [0.2, 0.25) is 0 Å². The number of anilines is 2. The molecule has 0 aliphatic rings. The van der Waals surface area contributed by atoms with Crippen LogP contribution in [0.4, 0.5) is 29.1 Å². The van der Waals surface area contributed by atoms with Crippen LogP contribution >= 0.6 is 11.6 Å². The molecule has 35 heavy (non-hydrogen) atoms. The average molecular weight is 502 g/mol. The Labute approximate surface area is 199 Å². The van der Waals surface area contributed by atoms with Gasteiger partial charge in [-0.25, -0.2) is 14.4 Å². The lowest BCUT2D eigenvalue weighted by atomic mass is 9.99. The van der Waals surface area contributed by atoms with E-state index >= 15 is 0 Å². The minimum Gasteiger partial charge on any atom is -0.383 e. The molecule has 0 radical (unpaired) electrons. The van der Waals surface area contributed by atoms with E-state index in [2.05, 4.69) is 31.4 Å². The maximum atomic E-state index is 15.0. The van der Waals surface area contributed by atoms with Crippen LogP contribution < -0.4 is 11.1 Å². The SMILES string of the molecule is C#Cc1ccnc(N)c1-c1cc(Cl)c(C(=O)Nc2cnc(-n3nccn3)c(C(F)(F)F)c2)cc1F. The Balaban J connectivity index is 1.69. The largest absolute Gasteiger partial charge is 0.420 e. The number of carbonyl (C=O) groups excluding carboxylic acids is 1. The third-order valence-corrected chi connectivity index (χ3v) is 5.06. The Kier molecular flexibility index (Phi) is 6.10. The molecule has 3 N–H and O–H groups in total. The first-order valence-electron chi connectivity index (χ1n) is 9.56. The summed E-state index contributed by atoms with van der Waals surface area (Å²) in [5.74, 6) is -0.150. The van der Waals surface area contributed by atoms with Gasteiger partial charge in [0.15, 0.2) is 5.82 Å². The van der Waals surface area contributed by atoms with Crippen LogP contribution in [-0.4, -0.2) is 30.9 Å². The number of alkyl halides is 3. The van der Waals surface area contributed by atoms with Crippen molar-refractivity contribution in [2.75, 3.05) is 11.1 Å². The second kappa shape index (κ2) is 9.03. The number of carbonyl (C=O) groups is 1. The van der Waals surface area contributed by atoms with E-state index in [0.717, 1.165) is 18.3 Å². The first kappa shape index (κ1) is 23.7. The van der Waals surface area contributed by atoms with E-state index in [1.165, 1.54) is 24.7 Å². The summed E-state index contributed by atoms with van der Waals surface area (Å²) in [4.78, 5) is 21.0. The van der Waals surface area contributed by atoms with Gasteiger partial charge in [-0.05, 0) is 24.3 Å². The van der Waals surface area contributed by atoms with Gasteiger partial charge in [0.1, 0.15) is 17.2 Å². The van der Waals surface area contributed by atoms with Crippen LogP contribution in [0.3, 0.4) is 0 Å². The van der Waals surface area contributed by atoms with Crippen molar-refractivity contribution in [2.24, 2.45) is 0 Å². The number of amides is 1. The fraction of sp³-hybridized carbons (Fsp3) is 0.0455. The van der Waals surface area contributed by atoms with Crippen molar-refractivity contribution < 1.29 is 22.4 Å². The van der Waals surface area contributed by atoms with Gasteiger partial charge in [-0.2, -0.15) is 23.4 Å². The molecule has 0 aliphatic carbocycles. The van der Waals surface area contributed by atoms with Crippen molar-refractivity contribution in [1.82, 2.24) is 25.0 Å². The lowest BCUT2D eigenvalue weighted by molar-refractivity contribution is -0.137. The van der Waals surface area contributed by atoms with Gasteiger partial charge in [-0.3, -0.25) is 4.79 Å². The lowest BCUT2D eigenvalue weighted by Gasteiger charge is -2.14. The summed E-state index contributed by atoms with van der Waals surface area (Å²) in [7, 11) is 0. The van der Waals surface area contributed by atoms with Crippen molar-refractivity contribution in [3.63, 3.8) is 0 Å². The zero-order valence-corrected chi connectivity index (χ0v) is 18.1. The van der Waals surface area contributed by atoms with Crippen molar-refractivity contribution in [3.05, 3.63) is 76.6 Å². The van der Waals surface area contributed by atoms with Gasteiger partial charge in [0.25, 0.3) is 5.91 Å². The fourth-order valence-electron chi connectivity index (χ4n) is 3.21. The summed E-state index contributed by atoms with van der Waals surface area (Å²) in [5, 5.41) is 9.32. The minimum atomic E-state index is -4.83. The van der Waals surface area contributed by atoms with Gasteiger partial charge in [0, 0.05) is 22.9 Å². The Morgan fingerprint density at radius 2 is 1.86 bits per heavy atom. The molecule has 0 fully saturated rings. The number of hydrogen-bond donors (Lipinski definition) is 2. The predicted octanol–water partition coefficient (Wildman–Crippen LogP) is 4.35. The van der Waals surface area contributed by atoms with E-state index < -0.39 is 29.3 Å². The smallest absolute Gasteiger partial charge is 0.383 e. The normalized spacial score (nSPS) is 11.2. The molecule has 176 valence electrons. The Hall–Kier alpha value is -4.50. The van der Waals surface area contributed by atoms with Gasteiger partial charge in [-0.1, -0.05) is 17.5 Å². The Morgan fingerprint density at radius 1 is 1.14 bits per heavy atom. The summed E-state index contributed by atoms with van der Waals surface area (Å²) in [6.07, 6.45) is 5.31. The monoisotopic (exact) mass is 501 g/mol. The summed E-state index contributed by atoms with van der Waals surface area (Å²) in [6.45, 7) is 0. The highest BCUT2D eigenvalue weighted by molar-refractivity contribution is 6.34. The van der Waals surface area contributed by atoms with E-state index in [4.69, 9.17) is 23.8 Å². The van der Waals surface area contributed by atoms with Gasteiger partial charge < -0.3 is 11.1 Å². The van der Waals surface area contributed by atoms with Crippen molar-refractivity contribution in [2.45, 2.75) is 6.18 Å². The number of nitrogens with zero attached hydrogens (tertiary/aromatic N) is 5. The molecule has 1 amide bonds. The molecule has 0 spiro atoms. The zero-order valence-electron chi connectivity index (χ0n) is 17.3. The van der Waals surface area contributed by atoms with Crippen molar-refractivity contribution >= 4 is 29.0 Å². The summed E-state index contributed by atoms with van der Waals surface area (Å²) in [5.41, 5.74) is 4.25. The number of aromatic nitrogens is 5. The Bertz CT molecular complexity index is 1480. The summed E-state index contributed by atoms with van der Waals surface area (Å²) >= 11 is 6.20. The molecule has 0 atom stereocenters. The topological polar surface area (TPSA) is 112 Å². The van der Waals surface area contributed by atoms with Crippen LogP contribution in [0.1, 0.15) is 21.5 Å². The molecular formula is C22H12ClF4N7O. The molecule has 0 unspecified atom stereocenters. The lowest BCUT2D eigenvalue weighted by Crippen LogP contribution is -2.17. The van der Waals surface area contributed by atoms with E-state index in [0.29, 0.717) is 10.9 Å². The first-order chi connectivity index (χ1) is 16.6. The van der Waals surface area contributed by atoms with E-state index in [1.54, 1.807) is 0 Å². The van der Waals surface area contributed by atoms with E-state index in [1.807, 2.05) is 0 Å². The second-order valence-electron chi connectivity index (χ2n) is 6.94. The molecule has 1 aromatic carbocycles. The molecule has 0 saturated heterocycles. The fourth-order valence-corrected chi connectivity index (χ4v) is 3.46. The Morgan fingerprint density at radius 3 is 2.51 bits per heavy atom. The average Bonchev–Trinajstić information content (AvgIpc) is 3.34. The maximum Gasteiger partial charge on any atom is 0.420 e. The number of halogens is 5. The zero-order chi connectivity index (χ0) is 25.3. The predicted molar refractivity (Wildman–Crippen MR) is 119 cm³/mol. The standard InChI is InChI=1S/C22H12ClF4N7O/c1-2-11-3-4-29-19(28)18(11)14-8-16(23)13(9-17(14)24)21(35)33-12-7-15(22(25,26)27)20(30-10-12)34-31-5-6-32-34/h1,3-10H,(H2,28,29)(H,33,35). The van der Waals surface area contributed by atoms with E-state index in [9.17, 15) is 22.4 Å². The number of hydrogen-bond acceptors (Lipinski definition) is 6. The molecule has 0 saturated carbocycles. The second-order valence-corrected chi connectivity index (χ2v) is 7.35. The van der Waals surface area contributed by atoms with E-state index in [-0.39, 0.29) is 38.8 Å². The highest BCUT2D eigenvalue weighted by atomic mass is 35.5. The molecule has 8 nitrogen and oxygen atoms in total. The van der Waals surface area contributed by atoms with Gasteiger partial charge in [0.05, 0.1) is 34.9 Å². The van der Waals surface area contributed by atoms with Crippen LogP contribution in [0.25, 0.3) is 16.9 Å². The summed E-state index contributed by atoms with van der Waals surface area (Å²) < 4.78 is 55.7. The molecule has 13 heteroatoms. The van der Waals surface area contributed by atoms with Crippen LogP contribution in [-0.2, 0) is 6.18 Å². The third-order valence-electron chi connectivity index (χ3n) is 4.74. The maximum absolute atomic E-state index is 15.0. The molecule has 0 aliphatic heterocycles. The van der Waals surface area contributed by atoms with Crippen molar-refractivity contribution in [3.8, 4) is 29.3 Å². The molecule has 3 aromatic heterocycles. The summed E-state index contributed by atoms with van der Waals surface area (Å²) in [6, 6.07) is 4.05. The molecule has 4 aromatic rings. The van der Waals surface area contributed by atoms with Gasteiger partial charge >= 0.3 is 6.18 Å².